The largest absolute Gasteiger partial charge is 0.478 e. The zero-order valence-electron chi connectivity index (χ0n) is 10.1. The average molecular weight is 339 g/mol. The third kappa shape index (κ3) is 3.08. The van der Waals surface area contributed by atoms with Crippen LogP contribution in [0, 0.1) is 6.92 Å². The van der Waals surface area contributed by atoms with E-state index in [1.54, 1.807) is 19.2 Å². The molecule has 1 aromatic heterocycles. The first-order valence-electron chi connectivity index (χ1n) is 5.41. The molecule has 19 heavy (non-hydrogen) atoms. The minimum Gasteiger partial charge on any atom is -0.478 e. The van der Waals surface area contributed by atoms with Crippen LogP contribution in [0.2, 0.25) is 0 Å². The van der Waals surface area contributed by atoms with Crippen molar-refractivity contribution in [3.8, 4) is 0 Å². The third-order valence-electron chi connectivity index (χ3n) is 2.53. The molecule has 3 N–H and O–H groups in total. The quantitative estimate of drug-likeness (QED) is 0.836. The molecule has 98 valence electrons. The van der Waals surface area contributed by atoms with Crippen LogP contribution < -0.4 is 5.73 Å². The summed E-state index contributed by atoms with van der Waals surface area (Å²) in [6.45, 7) is 1.79. The molecule has 0 aliphatic heterocycles. The Morgan fingerprint density at radius 1 is 1.47 bits per heavy atom. The van der Waals surface area contributed by atoms with Gasteiger partial charge >= 0.3 is 5.97 Å². The number of aromatic carboxylic acids is 1. The van der Waals surface area contributed by atoms with Gasteiger partial charge in [0, 0.05) is 16.8 Å². The topological polar surface area (TPSA) is 76.2 Å². The monoisotopic (exact) mass is 338 g/mol. The van der Waals surface area contributed by atoms with Crippen molar-refractivity contribution in [3.05, 3.63) is 46.1 Å². The molecule has 0 fully saturated rings. The number of carbonyl (C=O) groups is 1. The van der Waals surface area contributed by atoms with Gasteiger partial charge < -0.3 is 10.8 Å². The van der Waals surface area contributed by atoms with E-state index in [4.69, 9.17) is 10.8 Å². The van der Waals surface area contributed by atoms with Crippen LogP contribution >= 0.6 is 27.7 Å². The molecule has 0 unspecified atom stereocenters. The van der Waals surface area contributed by atoms with Crippen LogP contribution in [0.15, 0.2) is 44.9 Å². The van der Waals surface area contributed by atoms with E-state index in [1.807, 2.05) is 18.2 Å². The molecule has 6 heteroatoms. The van der Waals surface area contributed by atoms with Gasteiger partial charge in [-0.05, 0) is 52.7 Å². The maximum atomic E-state index is 11.1. The fourth-order valence-electron chi connectivity index (χ4n) is 1.56. The number of hydrogen-bond donors (Lipinski definition) is 2. The second-order valence-corrected chi connectivity index (χ2v) is 5.82. The van der Waals surface area contributed by atoms with Gasteiger partial charge in [-0.3, -0.25) is 0 Å². The van der Waals surface area contributed by atoms with Crippen LogP contribution in [0.5, 0.6) is 0 Å². The van der Waals surface area contributed by atoms with Gasteiger partial charge in [-0.25, -0.2) is 9.78 Å². The highest BCUT2D eigenvalue weighted by atomic mass is 79.9. The first-order valence-corrected chi connectivity index (χ1v) is 7.01. The molecule has 4 nitrogen and oxygen atoms in total. The van der Waals surface area contributed by atoms with Gasteiger partial charge in [0.1, 0.15) is 5.03 Å². The van der Waals surface area contributed by atoms with Crippen LogP contribution in [0.25, 0.3) is 0 Å². The number of aryl methyl sites for hydroxylation is 1. The highest BCUT2D eigenvalue weighted by Crippen LogP contribution is 2.34. The summed E-state index contributed by atoms with van der Waals surface area (Å²) >= 11 is 4.80. The van der Waals surface area contributed by atoms with Crippen molar-refractivity contribution in [2.24, 2.45) is 0 Å². The zero-order chi connectivity index (χ0) is 14.0. The van der Waals surface area contributed by atoms with Gasteiger partial charge in [-0.15, -0.1) is 0 Å². The SMILES string of the molecule is Cc1cc(Sc2ncccc2Br)cc(C(=O)O)c1N. The van der Waals surface area contributed by atoms with E-state index in [-0.39, 0.29) is 5.56 Å². The summed E-state index contributed by atoms with van der Waals surface area (Å²) in [6.07, 6.45) is 1.69. The standard InChI is InChI=1S/C13H11BrN2O2S/c1-7-5-8(6-9(11(7)15)13(17)18)19-12-10(14)3-2-4-16-12/h2-6H,15H2,1H3,(H,17,18). The lowest BCUT2D eigenvalue weighted by Gasteiger charge is -2.09. The van der Waals surface area contributed by atoms with Crippen LogP contribution in [0.1, 0.15) is 15.9 Å². The molecule has 0 saturated carbocycles. The third-order valence-corrected chi connectivity index (χ3v) is 4.42. The van der Waals surface area contributed by atoms with Crippen molar-refractivity contribution in [1.29, 1.82) is 0 Å². The van der Waals surface area contributed by atoms with Crippen molar-refractivity contribution in [2.45, 2.75) is 16.8 Å². The number of anilines is 1. The summed E-state index contributed by atoms with van der Waals surface area (Å²) in [5.41, 5.74) is 6.93. The number of nitrogen functional groups attached to an aromatic ring is 1. The molecule has 2 aromatic rings. The number of carboxylic acid groups (broad SMARTS) is 1. The molecule has 1 aromatic carbocycles. The Morgan fingerprint density at radius 2 is 2.21 bits per heavy atom. The predicted octanol–water partition coefficient (Wildman–Crippen LogP) is 3.58. The van der Waals surface area contributed by atoms with Crippen molar-refractivity contribution < 1.29 is 9.90 Å². The van der Waals surface area contributed by atoms with Gasteiger partial charge in [0.05, 0.1) is 10.0 Å². The van der Waals surface area contributed by atoms with Crippen molar-refractivity contribution in [3.63, 3.8) is 0 Å². The first-order chi connectivity index (χ1) is 8.99. The number of pyridine rings is 1. The fraction of sp³-hybridized carbons (Fsp3) is 0.0769. The molecule has 0 radical (unpaired) electrons. The van der Waals surface area contributed by atoms with Gasteiger partial charge in [-0.2, -0.15) is 0 Å². The molecular formula is C13H11BrN2O2S. The normalized spacial score (nSPS) is 10.4. The van der Waals surface area contributed by atoms with Crippen LogP contribution in [-0.2, 0) is 0 Å². The molecule has 0 spiro atoms. The number of aromatic nitrogens is 1. The summed E-state index contributed by atoms with van der Waals surface area (Å²) in [6, 6.07) is 7.13. The van der Waals surface area contributed by atoms with Crippen molar-refractivity contribution in [2.75, 3.05) is 5.73 Å². The number of halogens is 1. The lowest BCUT2D eigenvalue weighted by atomic mass is 10.1. The van der Waals surface area contributed by atoms with E-state index >= 15 is 0 Å². The Balaban J connectivity index is 2.42. The second kappa shape index (κ2) is 5.63. The van der Waals surface area contributed by atoms with E-state index in [0.29, 0.717) is 5.69 Å². The van der Waals surface area contributed by atoms with Gasteiger partial charge in [0.25, 0.3) is 0 Å². The second-order valence-electron chi connectivity index (χ2n) is 3.90. The number of benzene rings is 1. The van der Waals surface area contributed by atoms with E-state index in [2.05, 4.69) is 20.9 Å². The number of rotatable bonds is 3. The molecule has 1 heterocycles. The fourth-order valence-corrected chi connectivity index (χ4v) is 2.97. The highest BCUT2D eigenvalue weighted by Gasteiger charge is 2.13. The summed E-state index contributed by atoms with van der Waals surface area (Å²) in [5.74, 6) is -1.02. The predicted molar refractivity (Wildman–Crippen MR) is 78.6 cm³/mol. The van der Waals surface area contributed by atoms with E-state index in [9.17, 15) is 4.79 Å². The minimum atomic E-state index is -1.02. The van der Waals surface area contributed by atoms with Gasteiger partial charge in [0.15, 0.2) is 0 Å². The summed E-state index contributed by atoms with van der Waals surface area (Å²) in [4.78, 5) is 16.2. The average Bonchev–Trinajstić information content (AvgIpc) is 2.36. The number of carboxylic acids is 1. The molecular weight excluding hydrogens is 328 g/mol. The molecule has 2 rings (SSSR count). The minimum absolute atomic E-state index is 0.120. The maximum absolute atomic E-state index is 11.1. The lowest BCUT2D eigenvalue weighted by molar-refractivity contribution is 0.0697. The first kappa shape index (κ1) is 13.9. The van der Waals surface area contributed by atoms with Gasteiger partial charge in [-0.1, -0.05) is 11.8 Å². The maximum Gasteiger partial charge on any atom is 0.337 e. The summed E-state index contributed by atoms with van der Waals surface area (Å²) in [5, 5.41) is 9.90. The van der Waals surface area contributed by atoms with E-state index in [0.717, 1.165) is 20.0 Å². The summed E-state index contributed by atoms with van der Waals surface area (Å²) in [7, 11) is 0. The number of nitrogens with zero attached hydrogens (tertiary/aromatic N) is 1. The molecule has 0 saturated heterocycles. The Bertz CT molecular complexity index is 647. The Morgan fingerprint density at radius 3 is 2.84 bits per heavy atom. The zero-order valence-corrected chi connectivity index (χ0v) is 12.5. The Kier molecular flexibility index (Phi) is 4.11. The smallest absolute Gasteiger partial charge is 0.337 e. The van der Waals surface area contributed by atoms with E-state index in [1.165, 1.54) is 11.8 Å². The van der Waals surface area contributed by atoms with Crippen LogP contribution in [-0.4, -0.2) is 16.1 Å². The highest BCUT2D eigenvalue weighted by molar-refractivity contribution is 9.10. The number of nitrogens with two attached hydrogens (primary N) is 1. The molecule has 0 bridgehead atoms. The summed E-state index contributed by atoms with van der Waals surface area (Å²) < 4.78 is 0.867. The Hall–Kier alpha value is -1.53. The molecule has 0 aliphatic rings. The van der Waals surface area contributed by atoms with E-state index < -0.39 is 5.97 Å². The molecule has 0 amide bonds. The van der Waals surface area contributed by atoms with Crippen LogP contribution in [0.4, 0.5) is 5.69 Å². The number of hydrogen-bond acceptors (Lipinski definition) is 4. The Labute approximate surface area is 123 Å². The molecule has 0 aliphatic carbocycles. The molecule has 0 atom stereocenters. The van der Waals surface area contributed by atoms with Gasteiger partial charge in [0.2, 0.25) is 0 Å². The van der Waals surface area contributed by atoms with Crippen molar-refractivity contribution >= 4 is 39.3 Å². The van der Waals surface area contributed by atoms with Crippen molar-refractivity contribution in [1.82, 2.24) is 4.98 Å². The lowest BCUT2D eigenvalue weighted by Crippen LogP contribution is -2.04. The van der Waals surface area contributed by atoms with Crippen LogP contribution in [0.3, 0.4) is 0 Å².